The summed E-state index contributed by atoms with van der Waals surface area (Å²) in [5.74, 6) is 0. The molecule has 0 saturated carbocycles. The van der Waals surface area contributed by atoms with Gasteiger partial charge in [0.2, 0.25) is 0 Å². The van der Waals surface area contributed by atoms with Gasteiger partial charge in [-0.2, -0.15) is 13.9 Å². The van der Waals surface area contributed by atoms with Crippen molar-refractivity contribution in [3.8, 4) is 0 Å². The van der Waals surface area contributed by atoms with Gasteiger partial charge >= 0.3 is 12.3 Å². The van der Waals surface area contributed by atoms with Crippen LogP contribution in [0.2, 0.25) is 0 Å². The molecule has 62 valence electrons. The first-order valence-electron chi connectivity index (χ1n) is 2.67. The third-order valence-corrected chi connectivity index (χ3v) is 0.988. The Kier molecular flexibility index (Phi) is 1.88. The second-order valence-electron chi connectivity index (χ2n) is 1.73. The Morgan fingerprint density at radius 2 is 2.36 bits per heavy atom. The Hall–Kier alpha value is -1.40. The average Bonchev–Trinajstić information content (AvgIpc) is 2.18. The third-order valence-electron chi connectivity index (χ3n) is 0.988. The van der Waals surface area contributed by atoms with Gasteiger partial charge in [-0.3, -0.25) is 0 Å². The van der Waals surface area contributed by atoms with Crippen molar-refractivity contribution in [2.75, 3.05) is 0 Å². The maximum Gasteiger partial charge on any atom is 0.406 e. The predicted molar refractivity (Wildman–Crippen MR) is 30.1 cm³/mol. The van der Waals surface area contributed by atoms with E-state index in [1.165, 1.54) is 7.05 Å². The summed E-state index contributed by atoms with van der Waals surface area (Å²) in [4.78, 5) is 14.5. The normalized spacial score (nSPS) is 10.5. The minimum Gasteiger partial charge on any atom is -0.338 e. The highest BCUT2D eigenvalue weighted by molar-refractivity contribution is 4.60. The average molecular weight is 165 g/mol. The van der Waals surface area contributed by atoms with Gasteiger partial charge in [0.25, 0.3) is 0 Å². The van der Waals surface area contributed by atoms with Crippen LogP contribution in [0, 0.1) is 0 Å². The minimum atomic E-state index is -3.02. The highest BCUT2D eigenvalue weighted by Gasteiger charge is 2.07. The van der Waals surface area contributed by atoms with Crippen molar-refractivity contribution in [1.29, 1.82) is 0 Å². The summed E-state index contributed by atoms with van der Waals surface area (Å²) in [6, 6.07) is 0. The number of aryl methyl sites for hydroxylation is 1. The monoisotopic (exact) mass is 165 g/mol. The van der Waals surface area contributed by atoms with Crippen LogP contribution in [0.4, 0.5) is 8.78 Å². The molecule has 0 bridgehead atoms. The van der Waals surface area contributed by atoms with E-state index in [1.54, 1.807) is 0 Å². The van der Waals surface area contributed by atoms with E-state index < -0.39 is 12.3 Å². The lowest BCUT2D eigenvalue weighted by molar-refractivity contribution is -0.135. The molecule has 1 rings (SSSR count). The van der Waals surface area contributed by atoms with E-state index in [9.17, 15) is 13.6 Å². The molecule has 0 aromatic carbocycles. The van der Waals surface area contributed by atoms with Gasteiger partial charge in [0, 0.05) is 7.05 Å². The number of nitrogens with zero attached hydrogens (tertiary/aromatic N) is 3. The number of rotatable bonds is 2. The van der Waals surface area contributed by atoms with Crippen molar-refractivity contribution in [3.05, 3.63) is 16.8 Å². The van der Waals surface area contributed by atoms with E-state index in [1.807, 2.05) is 0 Å². The molecule has 1 aromatic rings. The maximum atomic E-state index is 11.5. The first-order chi connectivity index (χ1) is 5.11. The van der Waals surface area contributed by atoms with Crippen molar-refractivity contribution < 1.29 is 13.6 Å². The van der Waals surface area contributed by atoms with E-state index >= 15 is 0 Å². The fraction of sp³-hybridized carbons (Fsp3) is 0.500. The lowest BCUT2D eigenvalue weighted by Crippen LogP contribution is -2.30. The van der Waals surface area contributed by atoms with Crippen LogP contribution >= 0.6 is 0 Å². The number of hydrogen-bond donors (Lipinski definition) is 0. The lowest BCUT2D eigenvalue weighted by Gasteiger charge is -1.99. The van der Waals surface area contributed by atoms with Crippen LogP contribution < -0.4 is 10.5 Å². The smallest absolute Gasteiger partial charge is 0.338 e. The molecule has 0 amide bonds. The molecule has 0 aliphatic rings. The zero-order valence-corrected chi connectivity index (χ0v) is 5.57. The van der Waals surface area contributed by atoms with E-state index in [2.05, 4.69) is 9.94 Å². The summed E-state index contributed by atoms with van der Waals surface area (Å²) in [6.45, 7) is -3.02. The Labute approximate surface area is 59.8 Å². The molecular weight excluding hydrogens is 160 g/mol. The predicted octanol–water partition coefficient (Wildman–Crippen LogP) is -0.767. The number of hydrogen-bond acceptors (Lipinski definition) is 3. The topological polar surface area (TPSA) is 49.0 Å². The van der Waals surface area contributed by atoms with Crippen LogP contribution in [-0.4, -0.2) is 21.1 Å². The Balaban J connectivity index is 2.88. The number of aromatic nitrogens is 3. The quantitative estimate of drug-likeness (QED) is 0.578. The molecule has 5 nitrogen and oxygen atoms in total. The van der Waals surface area contributed by atoms with Crippen LogP contribution in [-0.2, 0) is 7.05 Å². The molecule has 1 aromatic heterocycles. The zero-order valence-electron chi connectivity index (χ0n) is 5.57. The largest absolute Gasteiger partial charge is 0.406 e. The summed E-state index contributed by atoms with van der Waals surface area (Å²) in [5.41, 5.74) is -0.745. The molecule has 1 heterocycles. The van der Waals surface area contributed by atoms with Gasteiger partial charge in [-0.25, -0.2) is 9.48 Å². The molecule has 0 atom stereocenters. The molecule has 0 N–H and O–H groups in total. The van der Waals surface area contributed by atoms with Crippen molar-refractivity contribution in [2.24, 2.45) is 7.05 Å². The maximum absolute atomic E-state index is 11.5. The molecule has 0 radical (unpaired) electrons. The number of alkyl halides is 2. The lowest BCUT2D eigenvalue weighted by atomic mass is 11.1. The highest BCUT2D eigenvalue weighted by atomic mass is 19.3. The first-order valence-corrected chi connectivity index (χ1v) is 2.67. The summed E-state index contributed by atoms with van der Waals surface area (Å²) in [7, 11) is 1.33. The van der Waals surface area contributed by atoms with Gasteiger partial charge in [-0.05, 0) is 0 Å². The molecule has 0 aliphatic heterocycles. The third kappa shape index (κ3) is 1.54. The summed E-state index contributed by atoms with van der Waals surface area (Å²) < 4.78 is 24.2. The van der Waals surface area contributed by atoms with Crippen LogP contribution in [0.15, 0.2) is 11.1 Å². The molecule has 0 unspecified atom stereocenters. The van der Waals surface area contributed by atoms with Crippen LogP contribution in [0.25, 0.3) is 0 Å². The summed E-state index contributed by atoms with van der Waals surface area (Å²) in [5, 5.41) is 3.38. The van der Waals surface area contributed by atoms with Gasteiger partial charge in [0.1, 0.15) is 0 Å². The van der Waals surface area contributed by atoms with Gasteiger partial charge in [-0.1, -0.05) is 0 Å². The summed E-state index contributed by atoms with van der Waals surface area (Å²) >= 11 is 0. The fourth-order valence-electron chi connectivity index (χ4n) is 0.524. The summed E-state index contributed by atoms with van der Waals surface area (Å²) in [6.07, 6.45) is 0.870. The molecular formula is C4H5F2N3O2. The fourth-order valence-corrected chi connectivity index (χ4v) is 0.524. The van der Waals surface area contributed by atoms with Gasteiger partial charge in [0.05, 0.1) is 0 Å². The highest BCUT2D eigenvalue weighted by Crippen LogP contribution is 1.87. The minimum absolute atomic E-state index is 0.366. The van der Waals surface area contributed by atoms with Crippen LogP contribution in [0.5, 0.6) is 0 Å². The van der Waals surface area contributed by atoms with Crippen LogP contribution in [0.1, 0.15) is 0 Å². The Morgan fingerprint density at radius 1 is 1.73 bits per heavy atom. The zero-order chi connectivity index (χ0) is 8.43. The van der Waals surface area contributed by atoms with Crippen molar-refractivity contribution >= 4 is 0 Å². The second kappa shape index (κ2) is 2.69. The SMILES string of the molecule is Cn1ncn(OC(F)F)c1=O. The Morgan fingerprint density at radius 3 is 2.73 bits per heavy atom. The molecule has 7 heteroatoms. The van der Waals surface area contributed by atoms with Gasteiger partial charge < -0.3 is 4.84 Å². The van der Waals surface area contributed by atoms with E-state index in [0.29, 0.717) is 4.73 Å². The van der Waals surface area contributed by atoms with Crippen LogP contribution in [0.3, 0.4) is 0 Å². The second-order valence-corrected chi connectivity index (χ2v) is 1.73. The number of halogens is 2. The van der Waals surface area contributed by atoms with Crippen molar-refractivity contribution in [2.45, 2.75) is 6.61 Å². The van der Waals surface area contributed by atoms with E-state index in [4.69, 9.17) is 0 Å². The molecule has 0 spiro atoms. The standard InChI is InChI=1S/C4H5F2N3O2/c1-8-4(10)9(2-7-8)11-3(5)6/h2-3H,1H3. The van der Waals surface area contributed by atoms with Gasteiger partial charge in [0.15, 0.2) is 6.33 Å². The van der Waals surface area contributed by atoms with E-state index in [-0.39, 0.29) is 0 Å². The Bertz CT molecular complexity index is 292. The van der Waals surface area contributed by atoms with Crippen molar-refractivity contribution in [3.63, 3.8) is 0 Å². The molecule has 0 saturated heterocycles. The molecule has 11 heavy (non-hydrogen) atoms. The van der Waals surface area contributed by atoms with Gasteiger partial charge in [-0.15, -0.1) is 4.73 Å². The van der Waals surface area contributed by atoms with Crippen molar-refractivity contribution in [1.82, 2.24) is 14.5 Å². The molecule has 0 fully saturated rings. The van der Waals surface area contributed by atoms with E-state index in [0.717, 1.165) is 11.0 Å². The first kappa shape index (κ1) is 7.70. The molecule has 0 aliphatic carbocycles.